The van der Waals surface area contributed by atoms with E-state index >= 15 is 0 Å². The van der Waals surface area contributed by atoms with Crippen molar-refractivity contribution in [2.24, 2.45) is 5.92 Å². The number of rotatable bonds is 3. The van der Waals surface area contributed by atoms with Crippen LogP contribution in [-0.2, 0) is 15.8 Å². The fraction of sp³-hybridized carbons (Fsp3) is 0.562. The van der Waals surface area contributed by atoms with Crippen LogP contribution in [0.25, 0.3) is 0 Å². The highest BCUT2D eigenvalue weighted by Crippen LogP contribution is 2.31. The predicted molar refractivity (Wildman–Crippen MR) is 77.2 cm³/mol. The van der Waals surface area contributed by atoms with Crippen LogP contribution in [0.4, 0.5) is 13.2 Å². The Kier molecular flexibility index (Phi) is 4.47. The third kappa shape index (κ3) is 3.68. The smallest absolute Gasteiger partial charge is 0.416 e. The van der Waals surface area contributed by atoms with Gasteiger partial charge >= 0.3 is 6.18 Å². The van der Waals surface area contributed by atoms with Gasteiger partial charge in [0.1, 0.15) is 11.9 Å². The van der Waals surface area contributed by atoms with Crippen molar-refractivity contribution >= 4 is 11.7 Å². The monoisotopic (exact) mass is 342 g/mol. The second-order valence-electron chi connectivity index (χ2n) is 6.18. The Labute approximate surface area is 136 Å². The molecule has 1 aromatic rings. The van der Waals surface area contributed by atoms with Crippen LogP contribution < -0.4 is 4.74 Å². The number of carbonyl (C=O) groups excluding carboxylic acids is 2. The van der Waals surface area contributed by atoms with Gasteiger partial charge in [0.2, 0.25) is 11.8 Å². The van der Waals surface area contributed by atoms with Crippen molar-refractivity contribution in [1.82, 2.24) is 9.88 Å². The molecule has 0 atom stereocenters. The number of ether oxygens (including phenoxy) is 1. The van der Waals surface area contributed by atoms with Crippen LogP contribution in [0.3, 0.4) is 0 Å². The molecule has 0 N–H and O–H groups in total. The van der Waals surface area contributed by atoms with E-state index in [2.05, 4.69) is 4.98 Å². The van der Waals surface area contributed by atoms with E-state index in [0.717, 1.165) is 18.3 Å². The highest BCUT2D eigenvalue weighted by atomic mass is 19.4. The van der Waals surface area contributed by atoms with Crippen molar-refractivity contribution in [3.05, 3.63) is 23.9 Å². The van der Waals surface area contributed by atoms with E-state index < -0.39 is 11.7 Å². The van der Waals surface area contributed by atoms with E-state index in [-0.39, 0.29) is 29.6 Å². The Balaban J connectivity index is 1.50. The summed E-state index contributed by atoms with van der Waals surface area (Å²) in [5, 5.41) is 0. The number of Topliss-reactive ketones (excluding diaryl/α,β-unsaturated/α-hetero) is 1. The zero-order valence-corrected chi connectivity index (χ0v) is 12.9. The number of likely N-dealkylation sites (tertiary alicyclic amines) is 1. The maximum Gasteiger partial charge on any atom is 0.416 e. The average molecular weight is 342 g/mol. The first-order valence-corrected chi connectivity index (χ1v) is 7.83. The number of pyridine rings is 1. The van der Waals surface area contributed by atoms with Crippen LogP contribution >= 0.6 is 0 Å². The van der Waals surface area contributed by atoms with Gasteiger partial charge in [-0.15, -0.1) is 0 Å². The Morgan fingerprint density at radius 2 is 1.92 bits per heavy atom. The van der Waals surface area contributed by atoms with Gasteiger partial charge < -0.3 is 9.64 Å². The topological polar surface area (TPSA) is 59.5 Å². The molecular formula is C16H17F3N2O3. The zero-order valence-electron chi connectivity index (χ0n) is 12.9. The maximum absolute atomic E-state index is 12.6. The highest BCUT2D eigenvalue weighted by Gasteiger charge is 2.37. The van der Waals surface area contributed by atoms with Crippen LogP contribution in [0.5, 0.6) is 5.88 Å². The lowest BCUT2D eigenvalue weighted by atomic mass is 9.86. The lowest BCUT2D eigenvalue weighted by molar-refractivity contribution is -0.146. The minimum atomic E-state index is -4.44. The molecule has 1 saturated carbocycles. The Bertz CT molecular complexity index is 632. The van der Waals surface area contributed by atoms with E-state index in [1.54, 1.807) is 4.90 Å². The van der Waals surface area contributed by atoms with Crippen molar-refractivity contribution < 1.29 is 27.5 Å². The summed E-state index contributed by atoms with van der Waals surface area (Å²) in [6.07, 6.45) is -1.70. The number of carbonyl (C=O) groups is 2. The fourth-order valence-corrected chi connectivity index (χ4v) is 2.96. The predicted octanol–water partition coefficient (Wildman–Crippen LogP) is 2.45. The van der Waals surface area contributed by atoms with E-state index in [4.69, 9.17) is 4.74 Å². The average Bonchev–Trinajstić information content (AvgIpc) is 2.50. The molecular weight excluding hydrogens is 325 g/mol. The molecule has 5 nitrogen and oxygen atoms in total. The van der Waals surface area contributed by atoms with E-state index in [1.165, 1.54) is 0 Å². The van der Waals surface area contributed by atoms with Crippen LogP contribution in [0.2, 0.25) is 0 Å². The molecule has 8 heteroatoms. The summed E-state index contributed by atoms with van der Waals surface area (Å²) in [6, 6.07) is 1.74. The first-order chi connectivity index (χ1) is 11.3. The number of hydrogen-bond acceptors (Lipinski definition) is 4. The largest absolute Gasteiger partial charge is 0.471 e. The summed E-state index contributed by atoms with van der Waals surface area (Å²) in [4.78, 5) is 28.9. The maximum atomic E-state index is 12.6. The van der Waals surface area contributed by atoms with Crippen LogP contribution in [0.1, 0.15) is 31.2 Å². The molecule has 2 fully saturated rings. The Morgan fingerprint density at radius 3 is 2.54 bits per heavy atom. The summed E-state index contributed by atoms with van der Waals surface area (Å²) in [6.45, 7) is 0.669. The van der Waals surface area contributed by atoms with E-state index in [9.17, 15) is 22.8 Å². The van der Waals surface area contributed by atoms with Crippen LogP contribution in [-0.4, -0.2) is 40.8 Å². The number of hydrogen-bond donors (Lipinski definition) is 0. The molecule has 3 rings (SSSR count). The third-order valence-electron chi connectivity index (χ3n) is 4.40. The van der Waals surface area contributed by atoms with Gasteiger partial charge in [-0.25, -0.2) is 4.98 Å². The molecule has 0 spiro atoms. The number of amides is 1. The van der Waals surface area contributed by atoms with Crippen molar-refractivity contribution in [2.45, 2.75) is 38.0 Å². The number of alkyl halides is 3. The number of aromatic nitrogens is 1. The van der Waals surface area contributed by atoms with Gasteiger partial charge in [0.25, 0.3) is 0 Å². The van der Waals surface area contributed by atoms with Crippen molar-refractivity contribution in [3.8, 4) is 5.88 Å². The molecule has 1 aliphatic carbocycles. The van der Waals surface area contributed by atoms with Gasteiger partial charge in [-0.05, 0) is 18.9 Å². The number of nitrogens with zero attached hydrogens (tertiary/aromatic N) is 2. The minimum absolute atomic E-state index is 0.000601. The summed E-state index contributed by atoms with van der Waals surface area (Å²) < 4.78 is 43.3. The molecule has 0 radical (unpaired) electrons. The quantitative estimate of drug-likeness (QED) is 0.847. The summed E-state index contributed by atoms with van der Waals surface area (Å²) >= 11 is 0. The van der Waals surface area contributed by atoms with Gasteiger partial charge in [-0.1, -0.05) is 0 Å². The molecule has 0 unspecified atom stereocenters. The number of ketones is 1. The number of halogens is 3. The van der Waals surface area contributed by atoms with Gasteiger partial charge in [-0.2, -0.15) is 13.2 Å². The van der Waals surface area contributed by atoms with E-state index in [0.29, 0.717) is 38.8 Å². The first kappa shape index (κ1) is 16.7. The first-order valence-electron chi connectivity index (χ1n) is 7.83. The second kappa shape index (κ2) is 6.41. The third-order valence-corrected chi connectivity index (χ3v) is 4.40. The Hall–Kier alpha value is -2.12. The second-order valence-corrected chi connectivity index (χ2v) is 6.18. The summed E-state index contributed by atoms with van der Waals surface area (Å²) in [5.74, 6) is -0.0284. The SMILES string of the molecule is O=C1CCC(C(=O)N2CC(Oc3cc(C(F)(F)F)ccn3)C2)CC1. The normalized spacial score (nSPS) is 20.0. The molecule has 0 aromatic carbocycles. The lowest BCUT2D eigenvalue weighted by Gasteiger charge is -2.41. The Morgan fingerprint density at radius 1 is 1.25 bits per heavy atom. The minimum Gasteiger partial charge on any atom is -0.471 e. The van der Waals surface area contributed by atoms with Gasteiger partial charge in [0.15, 0.2) is 0 Å². The van der Waals surface area contributed by atoms with Gasteiger partial charge in [0, 0.05) is 31.0 Å². The molecule has 1 aliphatic heterocycles. The van der Waals surface area contributed by atoms with Crippen LogP contribution in [0.15, 0.2) is 18.3 Å². The van der Waals surface area contributed by atoms with Crippen LogP contribution in [0, 0.1) is 5.92 Å². The molecule has 1 amide bonds. The molecule has 2 heterocycles. The standard InChI is InChI=1S/C16H17F3N2O3/c17-16(18,19)11-5-6-20-14(7-11)24-13-8-21(9-13)15(23)10-1-3-12(22)4-2-10/h5-7,10,13H,1-4,8-9H2. The lowest BCUT2D eigenvalue weighted by Crippen LogP contribution is -2.57. The molecule has 0 bridgehead atoms. The van der Waals surface area contributed by atoms with Crippen molar-refractivity contribution in [2.75, 3.05) is 13.1 Å². The molecule has 2 aliphatic rings. The summed E-state index contributed by atoms with van der Waals surface area (Å²) in [5.41, 5.74) is -0.813. The molecule has 1 saturated heterocycles. The van der Waals surface area contributed by atoms with E-state index in [1.807, 2.05) is 0 Å². The zero-order chi connectivity index (χ0) is 17.3. The molecule has 130 valence electrons. The fourth-order valence-electron chi connectivity index (χ4n) is 2.96. The molecule has 1 aromatic heterocycles. The van der Waals surface area contributed by atoms with Crippen molar-refractivity contribution in [1.29, 1.82) is 0 Å². The van der Waals surface area contributed by atoms with Gasteiger partial charge in [0.05, 0.1) is 18.7 Å². The summed E-state index contributed by atoms with van der Waals surface area (Å²) in [7, 11) is 0. The van der Waals surface area contributed by atoms with Gasteiger partial charge in [-0.3, -0.25) is 9.59 Å². The highest BCUT2D eigenvalue weighted by molar-refractivity contribution is 5.85. The molecule has 24 heavy (non-hydrogen) atoms. The van der Waals surface area contributed by atoms with Crippen molar-refractivity contribution in [3.63, 3.8) is 0 Å².